The third-order valence-electron chi connectivity index (χ3n) is 6.21. The fourth-order valence-electron chi connectivity index (χ4n) is 4.27. The Hall–Kier alpha value is -3.33. The minimum absolute atomic E-state index is 0.0410. The molecule has 2 aliphatic rings. The van der Waals surface area contributed by atoms with E-state index in [1.807, 2.05) is 0 Å². The van der Waals surface area contributed by atoms with E-state index in [0.717, 1.165) is 12.3 Å². The lowest BCUT2D eigenvalue weighted by molar-refractivity contribution is 0.110. The van der Waals surface area contributed by atoms with E-state index in [1.165, 1.54) is 34.9 Å². The molecule has 31 heavy (non-hydrogen) atoms. The Morgan fingerprint density at radius 1 is 1.06 bits per heavy atom. The molecule has 0 N–H and O–H groups in total. The van der Waals surface area contributed by atoms with Crippen LogP contribution in [0.4, 0.5) is 0 Å². The summed E-state index contributed by atoms with van der Waals surface area (Å²) in [5.41, 5.74) is 3.30. The molecule has 0 spiro atoms. The van der Waals surface area contributed by atoms with Crippen molar-refractivity contribution < 1.29 is 9.26 Å². The predicted molar refractivity (Wildman–Crippen MR) is 111 cm³/mol. The highest BCUT2D eigenvalue weighted by atomic mass is 16.5. The second-order valence-corrected chi connectivity index (χ2v) is 8.45. The van der Waals surface area contributed by atoms with Gasteiger partial charge in [0.05, 0.1) is 19.0 Å². The first-order valence-electron chi connectivity index (χ1n) is 10.6. The number of ether oxygens (including phenoxy) is 1. The monoisotopic (exact) mass is 418 g/mol. The number of aromatic nitrogens is 6. The molecule has 158 valence electrons. The maximum atomic E-state index is 12.7. The largest absolute Gasteiger partial charge is 0.373 e. The molecule has 1 aromatic carbocycles. The van der Waals surface area contributed by atoms with Gasteiger partial charge in [-0.25, -0.2) is 9.97 Å². The maximum Gasteiger partial charge on any atom is 0.280 e. The summed E-state index contributed by atoms with van der Waals surface area (Å²) in [5, 5.41) is 4.15. The Bertz CT molecular complexity index is 1300. The highest BCUT2D eigenvalue weighted by molar-refractivity contribution is 5.68. The Kier molecular flexibility index (Phi) is 4.24. The fourth-order valence-corrected chi connectivity index (χ4v) is 4.27. The van der Waals surface area contributed by atoms with E-state index in [-0.39, 0.29) is 24.1 Å². The van der Waals surface area contributed by atoms with E-state index in [0.29, 0.717) is 29.5 Å². The molecule has 2 fully saturated rings. The van der Waals surface area contributed by atoms with E-state index in [1.54, 1.807) is 17.9 Å². The van der Waals surface area contributed by atoms with Gasteiger partial charge in [0.1, 0.15) is 12.9 Å². The normalized spacial score (nSPS) is 21.2. The van der Waals surface area contributed by atoms with Gasteiger partial charge < -0.3 is 13.8 Å². The first kappa shape index (κ1) is 18.4. The van der Waals surface area contributed by atoms with Gasteiger partial charge in [-0.05, 0) is 36.3 Å². The quantitative estimate of drug-likeness (QED) is 0.491. The zero-order chi connectivity index (χ0) is 20.9. The summed E-state index contributed by atoms with van der Waals surface area (Å²) >= 11 is 0. The first-order chi connectivity index (χ1) is 15.2. The molecule has 1 aliphatic heterocycles. The smallest absolute Gasteiger partial charge is 0.280 e. The molecule has 0 radical (unpaired) electrons. The van der Waals surface area contributed by atoms with Crippen LogP contribution < -0.4 is 5.56 Å². The van der Waals surface area contributed by atoms with Crippen LogP contribution >= 0.6 is 0 Å². The molecule has 4 aromatic rings. The molecule has 9 heteroatoms. The molecule has 4 heterocycles. The van der Waals surface area contributed by atoms with Gasteiger partial charge in [-0.1, -0.05) is 29.4 Å². The molecule has 1 aliphatic carbocycles. The standard InChI is InChI=1S/C22H22N6O3/c1-27-11-23-21-19(27)22(29)28(12-24-21)9-18-25-20(26-31-18)16-8-17(30-10-16)15-6-4-14(5-7-15)13-2-3-13/h4-7,11-13,16-17H,2-3,8-10H2,1H3/t16-,17+/m0/s1. The zero-order valence-corrected chi connectivity index (χ0v) is 17.1. The van der Waals surface area contributed by atoms with Gasteiger partial charge in [0.25, 0.3) is 5.56 Å². The van der Waals surface area contributed by atoms with Crippen LogP contribution in [0, 0.1) is 0 Å². The lowest BCUT2D eigenvalue weighted by Gasteiger charge is -2.10. The van der Waals surface area contributed by atoms with Gasteiger partial charge in [0.15, 0.2) is 17.0 Å². The lowest BCUT2D eigenvalue weighted by atomic mass is 9.98. The highest BCUT2D eigenvalue weighted by Crippen LogP contribution is 2.41. The van der Waals surface area contributed by atoms with Crippen molar-refractivity contribution in [2.75, 3.05) is 6.61 Å². The van der Waals surface area contributed by atoms with E-state index in [9.17, 15) is 4.79 Å². The molecule has 1 saturated heterocycles. The third kappa shape index (κ3) is 3.34. The highest BCUT2D eigenvalue weighted by Gasteiger charge is 2.32. The summed E-state index contributed by atoms with van der Waals surface area (Å²) in [6, 6.07) is 8.80. The van der Waals surface area contributed by atoms with Gasteiger partial charge in [-0.15, -0.1) is 0 Å². The number of rotatable bonds is 5. The van der Waals surface area contributed by atoms with Crippen molar-refractivity contribution in [3.05, 3.63) is 70.1 Å². The second kappa shape index (κ2) is 7.12. The number of fused-ring (bicyclic) bond motifs is 1. The first-order valence-corrected chi connectivity index (χ1v) is 10.6. The van der Waals surface area contributed by atoms with Crippen molar-refractivity contribution in [3.8, 4) is 0 Å². The molecule has 0 amide bonds. The molecule has 9 nitrogen and oxygen atoms in total. The van der Waals surface area contributed by atoms with Crippen molar-refractivity contribution in [1.82, 2.24) is 29.2 Å². The van der Waals surface area contributed by atoms with Crippen LogP contribution in [-0.4, -0.2) is 35.8 Å². The molecule has 3 aromatic heterocycles. The van der Waals surface area contributed by atoms with Crippen LogP contribution in [0.25, 0.3) is 11.2 Å². The summed E-state index contributed by atoms with van der Waals surface area (Å²) in [7, 11) is 1.77. The number of benzene rings is 1. The average Bonchev–Trinajstić information content (AvgIpc) is 3.16. The zero-order valence-electron chi connectivity index (χ0n) is 17.1. The van der Waals surface area contributed by atoms with Crippen LogP contribution in [0.2, 0.25) is 0 Å². The number of hydrogen-bond acceptors (Lipinski definition) is 7. The third-order valence-corrected chi connectivity index (χ3v) is 6.21. The molecule has 2 atom stereocenters. The second-order valence-electron chi connectivity index (χ2n) is 8.45. The molecular formula is C22H22N6O3. The van der Waals surface area contributed by atoms with Gasteiger partial charge in [-0.2, -0.15) is 4.98 Å². The molecule has 1 saturated carbocycles. The van der Waals surface area contributed by atoms with Crippen LogP contribution in [0.5, 0.6) is 0 Å². The average molecular weight is 418 g/mol. The Labute approximate surface area is 177 Å². The van der Waals surface area contributed by atoms with Crippen molar-refractivity contribution in [1.29, 1.82) is 0 Å². The van der Waals surface area contributed by atoms with E-state index >= 15 is 0 Å². The molecule has 0 unspecified atom stereocenters. The Morgan fingerprint density at radius 3 is 2.65 bits per heavy atom. The lowest BCUT2D eigenvalue weighted by Crippen LogP contribution is -2.22. The topological polar surface area (TPSA) is 101 Å². The van der Waals surface area contributed by atoms with Gasteiger partial charge in [0.2, 0.25) is 5.89 Å². The van der Waals surface area contributed by atoms with E-state index < -0.39 is 0 Å². The van der Waals surface area contributed by atoms with Gasteiger partial charge >= 0.3 is 0 Å². The maximum absolute atomic E-state index is 12.7. The predicted octanol–water partition coefficient (Wildman–Crippen LogP) is 2.68. The summed E-state index contributed by atoms with van der Waals surface area (Å²) < 4.78 is 14.6. The van der Waals surface area contributed by atoms with E-state index in [4.69, 9.17) is 9.26 Å². The molecular weight excluding hydrogens is 396 g/mol. The fraction of sp³-hybridized carbons (Fsp3) is 0.409. The van der Waals surface area contributed by atoms with Gasteiger partial charge in [0, 0.05) is 13.0 Å². The molecule has 0 bridgehead atoms. The van der Waals surface area contributed by atoms with Crippen LogP contribution in [0.15, 0.2) is 46.2 Å². The summed E-state index contributed by atoms with van der Waals surface area (Å²) in [6.07, 6.45) is 6.49. The van der Waals surface area contributed by atoms with Crippen molar-refractivity contribution in [2.45, 2.75) is 43.7 Å². The number of nitrogens with zero attached hydrogens (tertiary/aromatic N) is 6. The van der Waals surface area contributed by atoms with Gasteiger partial charge in [-0.3, -0.25) is 9.36 Å². The number of hydrogen-bond donors (Lipinski definition) is 0. The van der Waals surface area contributed by atoms with Crippen molar-refractivity contribution in [3.63, 3.8) is 0 Å². The number of aryl methyl sites for hydroxylation is 1. The molecule has 6 rings (SSSR count). The van der Waals surface area contributed by atoms with Crippen molar-refractivity contribution in [2.24, 2.45) is 7.05 Å². The Balaban J connectivity index is 1.16. The van der Waals surface area contributed by atoms with Crippen LogP contribution in [0.3, 0.4) is 0 Å². The summed E-state index contributed by atoms with van der Waals surface area (Å²) in [4.78, 5) is 25.6. The van der Waals surface area contributed by atoms with E-state index in [2.05, 4.69) is 44.4 Å². The minimum Gasteiger partial charge on any atom is -0.373 e. The Morgan fingerprint density at radius 2 is 1.84 bits per heavy atom. The number of imidazole rings is 1. The minimum atomic E-state index is -0.191. The SMILES string of the molecule is Cn1cnc2ncn(Cc3nc([C@@H]4CO[C@@H](c5ccc(C6CC6)cc5)C4)no3)c(=O)c21. The van der Waals surface area contributed by atoms with Crippen LogP contribution in [-0.2, 0) is 18.3 Å². The summed E-state index contributed by atoms with van der Waals surface area (Å²) in [5.74, 6) is 1.82. The van der Waals surface area contributed by atoms with Crippen LogP contribution in [0.1, 0.15) is 60.0 Å². The van der Waals surface area contributed by atoms with Crippen molar-refractivity contribution >= 4 is 11.2 Å². The summed E-state index contributed by atoms with van der Waals surface area (Å²) in [6.45, 7) is 0.718.